The molecule has 5 heteroatoms. The Bertz CT molecular complexity index is 737. The Morgan fingerprint density at radius 2 is 1.71 bits per heavy atom. The largest absolute Gasteiger partial charge is 0.265 e. The molecule has 0 fully saturated rings. The summed E-state index contributed by atoms with van der Waals surface area (Å²) in [6.07, 6.45) is 4.94. The highest BCUT2D eigenvalue weighted by molar-refractivity contribution is 7.85. The molecule has 0 atom stereocenters. The average molecular weight is 323 g/mol. The summed E-state index contributed by atoms with van der Waals surface area (Å²) in [4.78, 5) is 0. The SMILES string of the molecule is CS(=O)(=O)OCc1ccc(C=Cc2ccccc2)cc1Cl. The minimum atomic E-state index is -3.47. The van der Waals surface area contributed by atoms with E-state index in [0.717, 1.165) is 17.4 Å². The zero-order chi connectivity index (χ0) is 15.3. The zero-order valence-corrected chi connectivity index (χ0v) is 13.1. The second kappa shape index (κ2) is 6.89. The molecule has 0 aliphatic carbocycles. The van der Waals surface area contributed by atoms with E-state index in [0.29, 0.717) is 10.6 Å². The van der Waals surface area contributed by atoms with Crippen molar-refractivity contribution >= 4 is 33.9 Å². The van der Waals surface area contributed by atoms with E-state index in [2.05, 4.69) is 0 Å². The Labute approximate surface area is 130 Å². The van der Waals surface area contributed by atoms with E-state index >= 15 is 0 Å². The van der Waals surface area contributed by atoms with Crippen LogP contribution in [0.5, 0.6) is 0 Å². The molecule has 3 nitrogen and oxygen atoms in total. The summed E-state index contributed by atoms with van der Waals surface area (Å²) in [7, 11) is -3.47. The molecule has 0 aliphatic rings. The van der Waals surface area contributed by atoms with Crippen molar-refractivity contribution in [3.8, 4) is 0 Å². The van der Waals surface area contributed by atoms with Crippen LogP contribution in [0.2, 0.25) is 5.02 Å². The zero-order valence-electron chi connectivity index (χ0n) is 11.5. The maximum atomic E-state index is 11.0. The Morgan fingerprint density at radius 3 is 2.33 bits per heavy atom. The molecular weight excluding hydrogens is 308 g/mol. The first-order valence-electron chi connectivity index (χ1n) is 6.30. The second-order valence-electron chi connectivity index (χ2n) is 4.56. The third-order valence-electron chi connectivity index (χ3n) is 2.77. The van der Waals surface area contributed by atoms with Gasteiger partial charge in [0.25, 0.3) is 10.1 Å². The van der Waals surface area contributed by atoms with Crippen molar-refractivity contribution in [2.24, 2.45) is 0 Å². The van der Waals surface area contributed by atoms with Crippen molar-refractivity contribution in [2.75, 3.05) is 6.26 Å². The molecule has 0 heterocycles. The number of rotatable bonds is 5. The normalized spacial score (nSPS) is 11.9. The van der Waals surface area contributed by atoms with E-state index in [1.54, 1.807) is 12.1 Å². The first-order chi connectivity index (χ1) is 9.94. The van der Waals surface area contributed by atoms with Gasteiger partial charge in [-0.15, -0.1) is 0 Å². The maximum absolute atomic E-state index is 11.0. The number of halogens is 1. The van der Waals surface area contributed by atoms with Crippen LogP contribution < -0.4 is 0 Å². The van der Waals surface area contributed by atoms with Gasteiger partial charge in [-0.2, -0.15) is 8.42 Å². The Kier molecular flexibility index (Phi) is 5.17. The second-order valence-corrected chi connectivity index (χ2v) is 6.61. The highest BCUT2D eigenvalue weighted by atomic mass is 35.5. The van der Waals surface area contributed by atoms with Crippen LogP contribution in [0, 0.1) is 0 Å². The van der Waals surface area contributed by atoms with Gasteiger partial charge in [-0.05, 0) is 22.8 Å². The molecule has 0 saturated heterocycles. The summed E-state index contributed by atoms with van der Waals surface area (Å²) in [6, 6.07) is 15.3. The lowest BCUT2D eigenvalue weighted by Crippen LogP contribution is -2.03. The number of hydrogen-bond acceptors (Lipinski definition) is 3. The first kappa shape index (κ1) is 15.8. The Hall–Kier alpha value is -1.62. The molecule has 0 radical (unpaired) electrons. The van der Waals surface area contributed by atoms with Crippen LogP contribution in [-0.4, -0.2) is 14.7 Å². The fourth-order valence-corrected chi connectivity index (χ4v) is 2.30. The summed E-state index contributed by atoms with van der Waals surface area (Å²) in [6.45, 7) is -0.0552. The summed E-state index contributed by atoms with van der Waals surface area (Å²) in [5, 5.41) is 0.480. The molecule has 0 spiro atoms. The van der Waals surface area contributed by atoms with Crippen LogP contribution >= 0.6 is 11.6 Å². The van der Waals surface area contributed by atoms with Gasteiger partial charge in [-0.1, -0.05) is 66.2 Å². The monoisotopic (exact) mass is 322 g/mol. The fourth-order valence-electron chi connectivity index (χ4n) is 1.71. The van der Waals surface area contributed by atoms with Gasteiger partial charge in [-0.3, -0.25) is 4.18 Å². The van der Waals surface area contributed by atoms with Crippen molar-refractivity contribution in [1.82, 2.24) is 0 Å². The predicted octanol–water partition coefficient (Wildman–Crippen LogP) is 3.99. The van der Waals surface area contributed by atoms with Gasteiger partial charge in [0.2, 0.25) is 0 Å². The Morgan fingerprint density at radius 1 is 1.05 bits per heavy atom. The third kappa shape index (κ3) is 5.34. The first-order valence-corrected chi connectivity index (χ1v) is 8.49. The van der Waals surface area contributed by atoms with Crippen molar-refractivity contribution in [2.45, 2.75) is 6.61 Å². The molecule has 110 valence electrons. The highest BCUT2D eigenvalue weighted by Crippen LogP contribution is 2.20. The standard InChI is InChI=1S/C16H15ClO3S/c1-21(18,19)20-12-15-10-9-14(11-16(15)17)8-7-13-5-3-2-4-6-13/h2-11H,12H2,1H3. The third-order valence-corrected chi connectivity index (χ3v) is 3.67. The molecular formula is C16H15ClO3S. The smallest absolute Gasteiger partial charge is 0.264 e. The topological polar surface area (TPSA) is 43.4 Å². The van der Waals surface area contributed by atoms with Crippen LogP contribution in [0.1, 0.15) is 16.7 Å². The lowest BCUT2D eigenvalue weighted by Gasteiger charge is -2.05. The number of benzene rings is 2. The van der Waals surface area contributed by atoms with Gasteiger partial charge in [0.1, 0.15) is 0 Å². The summed E-state index contributed by atoms with van der Waals surface area (Å²) < 4.78 is 26.7. The van der Waals surface area contributed by atoms with Crippen LogP contribution in [-0.2, 0) is 20.9 Å². The van der Waals surface area contributed by atoms with Crippen LogP contribution in [0.3, 0.4) is 0 Å². The number of hydrogen-bond donors (Lipinski definition) is 0. The van der Waals surface area contributed by atoms with E-state index < -0.39 is 10.1 Å². The van der Waals surface area contributed by atoms with Crippen molar-refractivity contribution < 1.29 is 12.6 Å². The van der Waals surface area contributed by atoms with E-state index in [-0.39, 0.29) is 6.61 Å². The molecule has 2 aromatic rings. The molecule has 0 aliphatic heterocycles. The van der Waals surface area contributed by atoms with Gasteiger partial charge >= 0.3 is 0 Å². The van der Waals surface area contributed by atoms with Gasteiger partial charge in [0.05, 0.1) is 12.9 Å². The predicted molar refractivity (Wildman–Crippen MR) is 86.5 cm³/mol. The lowest BCUT2D eigenvalue weighted by molar-refractivity contribution is 0.312. The van der Waals surface area contributed by atoms with Crippen LogP contribution in [0.15, 0.2) is 48.5 Å². The minimum Gasteiger partial charge on any atom is -0.265 e. The van der Waals surface area contributed by atoms with E-state index in [1.807, 2.05) is 48.6 Å². The molecule has 21 heavy (non-hydrogen) atoms. The quantitative estimate of drug-likeness (QED) is 0.617. The summed E-state index contributed by atoms with van der Waals surface area (Å²) in [5.74, 6) is 0. The lowest BCUT2D eigenvalue weighted by atomic mass is 10.1. The molecule has 0 saturated carbocycles. The highest BCUT2D eigenvalue weighted by Gasteiger charge is 2.06. The van der Waals surface area contributed by atoms with E-state index in [9.17, 15) is 8.42 Å². The van der Waals surface area contributed by atoms with Crippen LogP contribution in [0.25, 0.3) is 12.2 Å². The molecule has 2 rings (SSSR count). The van der Waals surface area contributed by atoms with Crippen molar-refractivity contribution in [1.29, 1.82) is 0 Å². The van der Waals surface area contributed by atoms with E-state index in [4.69, 9.17) is 15.8 Å². The Balaban J connectivity index is 2.10. The average Bonchev–Trinajstić information content (AvgIpc) is 2.44. The van der Waals surface area contributed by atoms with Gasteiger partial charge < -0.3 is 0 Å². The molecule has 0 N–H and O–H groups in total. The summed E-state index contributed by atoms with van der Waals surface area (Å²) >= 11 is 6.13. The molecule has 0 aromatic heterocycles. The van der Waals surface area contributed by atoms with Gasteiger partial charge in [0.15, 0.2) is 0 Å². The maximum Gasteiger partial charge on any atom is 0.264 e. The molecule has 0 amide bonds. The molecule has 2 aromatic carbocycles. The van der Waals surface area contributed by atoms with Gasteiger partial charge in [-0.25, -0.2) is 0 Å². The van der Waals surface area contributed by atoms with Crippen molar-refractivity contribution in [3.05, 3.63) is 70.2 Å². The van der Waals surface area contributed by atoms with Gasteiger partial charge in [0, 0.05) is 5.02 Å². The fraction of sp³-hybridized carbons (Fsp3) is 0.125. The van der Waals surface area contributed by atoms with E-state index in [1.165, 1.54) is 0 Å². The van der Waals surface area contributed by atoms with Crippen LogP contribution in [0.4, 0.5) is 0 Å². The minimum absolute atomic E-state index is 0.0552. The molecule has 0 unspecified atom stereocenters. The van der Waals surface area contributed by atoms with Crippen molar-refractivity contribution in [3.63, 3.8) is 0 Å². The molecule has 0 bridgehead atoms. The summed E-state index contributed by atoms with van der Waals surface area (Å²) in [5.41, 5.74) is 2.67.